The lowest BCUT2D eigenvalue weighted by Crippen LogP contribution is -2.24. The summed E-state index contributed by atoms with van der Waals surface area (Å²) in [6.45, 7) is 0.753. The minimum atomic E-state index is -0.922. The SMILES string of the molecule is O=C(O)c1ccc(Br)cc1NCC1CCC(O)CC1. The third-order valence-electron chi connectivity index (χ3n) is 3.61. The number of anilines is 1. The zero-order valence-corrected chi connectivity index (χ0v) is 12.2. The molecule has 4 nitrogen and oxygen atoms in total. The van der Waals surface area contributed by atoms with E-state index in [1.54, 1.807) is 18.2 Å². The Bertz CT molecular complexity index is 456. The highest BCUT2D eigenvalue weighted by Crippen LogP contribution is 2.26. The molecule has 0 spiro atoms. The van der Waals surface area contributed by atoms with Crippen molar-refractivity contribution in [1.82, 2.24) is 0 Å². The number of aromatic carboxylic acids is 1. The normalized spacial score (nSPS) is 23.1. The second-order valence-electron chi connectivity index (χ2n) is 5.05. The first-order chi connectivity index (χ1) is 9.06. The van der Waals surface area contributed by atoms with Gasteiger partial charge < -0.3 is 15.5 Å². The Hall–Kier alpha value is -1.07. The first kappa shape index (κ1) is 14.3. The van der Waals surface area contributed by atoms with Crippen LogP contribution in [0, 0.1) is 5.92 Å². The van der Waals surface area contributed by atoms with E-state index in [1.165, 1.54) is 0 Å². The van der Waals surface area contributed by atoms with Crippen LogP contribution in [0.25, 0.3) is 0 Å². The number of nitrogens with one attached hydrogen (secondary N) is 1. The van der Waals surface area contributed by atoms with Crippen LogP contribution in [0.1, 0.15) is 36.0 Å². The Morgan fingerprint density at radius 3 is 2.63 bits per heavy atom. The molecule has 2 rings (SSSR count). The maximum Gasteiger partial charge on any atom is 0.337 e. The second-order valence-corrected chi connectivity index (χ2v) is 5.97. The average molecular weight is 328 g/mol. The van der Waals surface area contributed by atoms with Gasteiger partial charge in [-0.1, -0.05) is 15.9 Å². The Morgan fingerprint density at radius 2 is 2.00 bits per heavy atom. The van der Waals surface area contributed by atoms with Crippen LogP contribution in [-0.2, 0) is 0 Å². The molecular weight excluding hydrogens is 310 g/mol. The van der Waals surface area contributed by atoms with Crippen LogP contribution in [0.15, 0.2) is 22.7 Å². The van der Waals surface area contributed by atoms with Crippen LogP contribution in [-0.4, -0.2) is 28.8 Å². The lowest BCUT2D eigenvalue weighted by atomic mass is 9.87. The number of carboxylic acid groups (broad SMARTS) is 1. The van der Waals surface area contributed by atoms with Gasteiger partial charge in [0.2, 0.25) is 0 Å². The maximum absolute atomic E-state index is 11.1. The molecule has 104 valence electrons. The van der Waals surface area contributed by atoms with Crippen molar-refractivity contribution >= 4 is 27.6 Å². The van der Waals surface area contributed by atoms with Crippen molar-refractivity contribution in [1.29, 1.82) is 0 Å². The molecule has 5 heteroatoms. The average Bonchev–Trinajstić information content (AvgIpc) is 2.38. The molecule has 0 radical (unpaired) electrons. The summed E-state index contributed by atoms with van der Waals surface area (Å²) in [5, 5.41) is 21.8. The smallest absolute Gasteiger partial charge is 0.337 e. The molecule has 19 heavy (non-hydrogen) atoms. The molecule has 1 aromatic carbocycles. The third kappa shape index (κ3) is 3.94. The fourth-order valence-electron chi connectivity index (χ4n) is 2.45. The van der Waals surface area contributed by atoms with Gasteiger partial charge in [0.25, 0.3) is 0 Å². The molecule has 0 saturated heterocycles. The van der Waals surface area contributed by atoms with Crippen LogP contribution in [0.2, 0.25) is 0 Å². The number of hydrogen-bond donors (Lipinski definition) is 3. The highest BCUT2D eigenvalue weighted by atomic mass is 79.9. The monoisotopic (exact) mass is 327 g/mol. The molecule has 1 aliphatic carbocycles. The Labute approximate surface area is 121 Å². The highest BCUT2D eigenvalue weighted by molar-refractivity contribution is 9.10. The zero-order chi connectivity index (χ0) is 13.8. The lowest BCUT2D eigenvalue weighted by molar-refractivity contribution is 0.0698. The first-order valence-corrected chi connectivity index (χ1v) is 7.30. The number of carbonyl (C=O) groups is 1. The molecule has 1 saturated carbocycles. The second kappa shape index (κ2) is 6.39. The fraction of sp³-hybridized carbons (Fsp3) is 0.500. The summed E-state index contributed by atoms with van der Waals surface area (Å²) in [5.74, 6) is -0.418. The van der Waals surface area contributed by atoms with Crippen LogP contribution in [0.3, 0.4) is 0 Å². The molecule has 0 heterocycles. The van der Waals surface area contributed by atoms with Crippen LogP contribution >= 0.6 is 15.9 Å². The van der Waals surface area contributed by atoms with Gasteiger partial charge in [0.15, 0.2) is 0 Å². The van der Waals surface area contributed by atoms with Gasteiger partial charge in [-0.15, -0.1) is 0 Å². The van der Waals surface area contributed by atoms with Crippen molar-refractivity contribution in [3.05, 3.63) is 28.2 Å². The van der Waals surface area contributed by atoms with Crippen molar-refractivity contribution in [2.24, 2.45) is 5.92 Å². The molecule has 3 N–H and O–H groups in total. The van der Waals surface area contributed by atoms with Crippen molar-refractivity contribution < 1.29 is 15.0 Å². The van der Waals surface area contributed by atoms with Crippen molar-refractivity contribution in [2.75, 3.05) is 11.9 Å². The van der Waals surface area contributed by atoms with Crippen molar-refractivity contribution in [3.8, 4) is 0 Å². The molecule has 1 aromatic rings. The van der Waals surface area contributed by atoms with E-state index in [4.69, 9.17) is 5.11 Å². The van der Waals surface area contributed by atoms with E-state index in [0.717, 1.165) is 36.7 Å². The number of halogens is 1. The minimum absolute atomic E-state index is 0.156. The van der Waals surface area contributed by atoms with E-state index in [0.29, 0.717) is 17.2 Å². The van der Waals surface area contributed by atoms with Gasteiger partial charge in [-0.2, -0.15) is 0 Å². The molecule has 1 aliphatic rings. The summed E-state index contributed by atoms with van der Waals surface area (Å²) in [7, 11) is 0. The van der Waals surface area contributed by atoms with Crippen LogP contribution < -0.4 is 5.32 Å². The van der Waals surface area contributed by atoms with Gasteiger partial charge in [-0.25, -0.2) is 4.79 Å². The molecule has 0 unspecified atom stereocenters. The Kier molecular flexibility index (Phi) is 4.82. The predicted octanol–water partition coefficient (Wildman–Crippen LogP) is 3.11. The quantitative estimate of drug-likeness (QED) is 0.794. The van der Waals surface area contributed by atoms with E-state index in [-0.39, 0.29) is 6.10 Å². The largest absolute Gasteiger partial charge is 0.478 e. The molecule has 0 amide bonds. The van der Waals surface area contributed by atoms with E-state index < -0.39 is 5.97 Å². The minimum Gasteiger partial charge on any atom is -0.478 e. The predicted molar refractivity (Wildman–Crippen MR) is 77.6 cm³/mol. The van der Waals surface area contributed by atoms with E-state index >= 15 is 0 Å². The van der Waals surface area contributed by atoms with E-state index in [1.807, 2.05) is 0 Å². The molecular formula is C14H18BrNO3. The topological polar surface area (TPSA) is 69.6 Å². The zero-order valence-electron chi connectivity index (χ0n) is 10.6. The molecule has 0 bridgehead atoms. The van der Waals surface area contributed by atoms with Crippen molar-refractivity contribution in [2.45, 2.75) is 31.8 Å². The number of rotatable bonds is 4. The molecule has 0 aromatic heterocycles. The van der Waals surface area contributed by atoms with Gasteiger partial charge in [0, 0.05) is 16.7 Å². The maximum atomic E-state index is 11.1. The first-order valence-electron chi connectivity index (χ1n) is 6.51. The summed E-state index contributed by atoms with van der Waals surface area (Å²) in [6.07, 6.45) is 3.51. The molecule has 0 aliphatic heterocycles. The number of aliphatic hydroxyl groups is 1. The number of aliphatic hydroxyl groups excluding tert-OH is 1. The van der Waals surface area contributed by atoms with E-state index in [9.17, 15) is 9.90 Å². The van der Waals surface area contributed by atoms with Gasteiger partial charge >= 0.3 is 5.97 Å². The number of hydrogen-bond acceptors (Lipinski definition) is 3. The lowest BCUT2D eigenvalue weighted by Gasteiger charge is -2.26. The summed E-state index contributed by atoms with van der Waals surface area (Å²) < 4.78 is 0.860. The fourth-order valence-corrected chi connectivity index (χ4v) is 2.81. The Morgan fingerprint density at radius 1 is 1.32 bits per heavy atom. The number of benzene rings is 1. The van der Waals surface area contributed by atoms with Gasteiger partial charge in [-0.05, 0) is 49.8 Å². The van der Waals surface area contributed by atoms with Crippen molar-refractivity contribution in [3.63, 3.8) is 0 Å². The number of carboxylic acids is 1. The summed E-state index contributed by atoms with van der Waals surface area (Å²) in [5.41, 5.74) is 0.937. The summed E-state index contributed by atoms with van der Waals surface area (Å²) in [6, 6.07) is 5.12. The van der Waals surface area contributed by atoms with Gasteiger partial charge in [0.05, 0.1) is 11.7 Å². The van der Waals surface area contributed by atoms with Crippen LogP contribution in [0.4, 0.5) is 5.69 Å². The molecule has 1 fully saturated rings. The summed E-state index contributed by atoms with van der Waals surface area (Å²) >= 11 is 3.35. The highest BCUT2D eigenvalue weighted by Gasteiger charge is 2.19. The summed E-state index contributed by atoms with van der Waals surface area (Å²) in [4.78, 5) is 11.1. The third-order valence-corrected chi connectivity index (χ3v) is 4.10. The molecule has 0 atom stereocenters. The Balaban J connectivity index is 1.98. The van der Waals surface area contributed by atoms with E-state index in [2.05, 4.69) is 21.2 Å². The van der Waals surface area contributed by atoms with Gasteiger partial charge in [-0.3, -0.25) is 0 Å². The van der Waals surface area contributed by atoms with Crippen LogP contribution in [0.5, 0.6) is 0 Å². The standard InChI is InChI=1S/C14H18BrNO3/c15-10-3-6-12(14(18)19)13(7-10)16-8-9-1-4-11(17)5-2-9/h3,6-7,9,11,16-17H,1-2,4-5,8H2,(H,18,19). The van der Waals surface area contributed by atoms with Gasteiger partial charge in [0.1, 0.15) is 0 Å².